The summed E-state index contributed by atoms with van der Waals surface area (Å²) in [5.74, 6) is 0.589. The van der Waals surface area contributed by atoms with Gasteiger partial charge in [0.2, 0.25) is 0 Å². The first kappa shape index (κ1) is 21.4. The summed E-state index contributed by atoms with van der Waals surface area (Å²) in [6.45, 7) is 4.28. The lowest BCUT2D eigenvalue weighted by Crippen LogP contribution is -2.34. The molecule has 150 valence electrons. The van der Waals surface area contributed by atoms with Gasteiger partial charge in [0.15, 0.2) is 10.9 Å². The molecule has 3 aromatic rings. The van der Waals surface area contributed by atoms with Crippen LogP contribution in [0.25, 0.3) is 11.3 Å². The molecule has 0 spiro atoms. The van der Waals surface area contributed by atoms with Gasteiger partial charge in [-0.3, -0.25) is 10.1 Å². The highest BCUT2D eigenvalue weighted by molar-refractivity contribution is 7.80. The second-order valence-corrected chi connectivity index (χ2v) is 7.82. The molecule has 0 aliphatic carbocycles. The molecule has 4 nitrogen and oxygen atoms in total. The summed E-state index contributed by atoms with van der Waals surface area (Å²) in [5.41, 5.74) is 2.75. The van der Waals surface area contributed by atoms with E-state index in [2.05, 4.69) is 30.5 Å². The number of carbonyl (C=O) groups is 1. The molecule has 0 unspecified atom stereocenters. The SMILES string of the molecule is CC[C@H](C)c1ccccc1NC(=S)NC(=O)c1ccc(-c2ccc(Cl)c(Cl)c2)o1. The lowest BCUT2D eigenvalue weighted by molar-refractivity contribution is 0.0951. The van der Waals surface area contributed by atoms with Gasteiger partial charge in [0.25, 0.3) is 5.91 Å². The van der Waals surface area contributed by atoms with E-state index >= 15 is 0 Å². The molecule has 1 atom stereocenters. The van der Waals surface area contributed by atoms with Crippen molar-refractivity contribution in [3.8, 4) is 11.3 Å². The molecule has 0 fully saturated rings. The monoisotopic (exact) mass is 446 g/mol. The number of hydrogen-bond donors (Lipinski definition) is 2. The van der Waals surface area contributed by atoms with Crippen LogP contribution in [0.3, 0.4) is 0 Å². The normalized spacial score (nSPS) is 11.7. The summed E-state index contributed by atoms with van der Waals surface area (Å²) < 4.78 is 5.66. The van der Waals surface area contributed by atoms with E-state index in [-0.39, 0.29) is 10.9 Å². The van der Waals surface area contributed by atoms with E-state index in [9.17, 15) is 4.79 Å². The van der Waals surface area contributed by atoms with Crippen molar-refractivity contribution in [2.45, 2.75) is 26.2 Å². The van der Waals surface area contributed by atoms with Crippen LogP contribution in [-0.2, 0) is 0 Å². The summed E-state index contributed by atoms with van der Waals surface area (Å²) >= 11 is 17.3. The Balaban J connectivity index is 1.69. The molecule has 1 aromatic heterocycles. The Morgan fingerprint density at radius 2 is 1.86 bits per heavy atom. The van der Waals surface area contributed by atoms with Crippen LogP contribution in [0.15, 0.2) is 59.0 Å². The Hall–Kier alpha value is -2.34. The first-order chi connectivity index (χ1) is 13.9. The van der Waals surface area contributed by atoms with E-state index in [1.165, 1.54) is 0 Å². The summed E-state index contributed by atoms with van der Waals surface area (Å²) in [5, 5.41) is 6.83. The maximum Gasteiger partial charge on any atom is 0.293 e. The number of amides is 1. The van der Waals surface area contributed by atoms with Gasteiger partial charge in [-0.25, -0.2) is 0 Å². The van der Waals surface area contributed by atoms with Gasteiger partial charge in [0.05, 0.1) is 10.0 Å². The van der Waals surface area contributed by atoms with Crippen LogP contribution in [0.2, 0.25) is 10.0 Å². The van der Waals surface area contributed by atoms with Crippen LogP contribution < -0.4 is 10.6 Å². The molecule has 0 radical (unpaired) electrons. The summed E-state index contributed by atoms with van der Waals surface area (Å²) in [7, 11) is 0. The third kappa shape index (κ3) is 5.18. The molecule has 0 saturated heterocycles. The molecule has 2 aromatic carbocycles. The van der Waals surface area contributed by atoms with Crippen molar-refractivity contribution in [1.82, 2.24) is 5.32 Å². The zero-order valence-electron chi connectivity index (χ0n) is 16.0. The largest absolute Gasteiger partial charge is 0.451 e. The van der Waals surface area contributed by atoms with Gasteiger partial charge >= 0.3 is 0 Å². The van der Waals surface area contributed by atoms with Crippen molar-refractivity contribution in [2.75, 3.05) is 5.32 Å². The van der Waals surface area contributed by atoms with Gasteiger partial charge in [0, 0.05) is 11.3 Å². The standard InChI is InChI=1S/C22H20Cl2N2O2S/c1-3-13(2)15-6-4-5-7-18(15)25-22(29)26-21(27)20-11-10-19(28-20)14-8-9-16(23)17(24)12-14/h4-13H,3H2,1-2H3,(H2,25,26,27,29)/t13-/m0/s1. The molecule has 29 heavy (non-hydrogen) atoms. The van der Waals surface area contributed by atoms with Crippen molar-refractivity contribution >= 4 is 52.1 Å². The zero-order chi connectivity index (χ0) is 21.0. The number of anilines is 1. The smallest absolute Gasteiger partial charge is 0.293 e. The third-order valence-electron chi connectivity index (χ3n) is 4.61. The molecule has 7 heteroatoms. The highest BCUT2D eigenvalue weighted by Gasteiger charge is 2.16. The van der Waals surface area contributed by atoms with E-state index in [0.29, 0.717) is 21.7 Å². The maximum atomic E-state index is 12.5. The van der Waals surface area contributed by atoms with Gasteiger partial charge < -0.3 is 9.73 Å². The molecule has 1 amide bonds. The van der Waals surface area contributed by atoms with Crippen molar-refractivity contribution in [3.63, 3.8) is 0 Å². The van der Waals surface area contributed by atoms with Crippen LogP contribution >= 0.6 is 35.4 Å². The lowest BCUT2D eigenvalue weighted by atomic mass is 9.97. The fourth-order valence-corrected chi connectivity index (χ4v) is 3.34. The summed E-state index contributed by atoms with van der Waals surface area (Å²) in [4.78, 5) is 12.5. The van der Waals surface area contributed by atoms with Crippen molar-refractivity contribution in [1.29, 1.82) is 0 Å². The lowest BCUT2D eigenvalue weighted by Gasteiger charge is -2.16. The molecule has 0 bridgehead atoms. The fourth-order valence-electron chi connectivity index (χ4n) is 2.84. The molecule has 0 aliphatic heterocycles. The third-order valence-corrected chi connectivity index (χ3v) is 5.56. The van der Waals surface area contributed by atoms with E-state index in [1.54, 1.807) is 30.3 Å². The number of para-hydroxylation sites is 1. The average Bonchev–Trinajstić information content (AvgIpc) is 3.20. The van der Waals surface area contributed by atoms with Crippen LogP contribution in [-0.4, -0.2) is 11.0 Å². The van der Waals surface area contributed by atoms with E-state index < -0.39 is 5.91 Å². The Labute approximate surface area is 185 Å². The first-order valence-electron chi connectivity index (χ1n) is 9.15. The topological polar surface area (TPSA) is 54.3 Å². The number of rotatable bonds is 5. The predicted molar refractivity (Wildman–Crippen MR) is 123 cm³/mol. The quantitative estimate of drug-likeness (QED) is 0.418. The molecular formula is C22H20Cl2N2O2S. The summed E-state index contributed by atoms with van der Waals surface area (Å²) in [6, 6.07) is 16.3. The minimum atomic E-state index is -0.435. The number of carbonyl (C=O) groups excluding carboxylic acids is 1. The number of halogens is 2. The zero-order valence-corrected chi connectivity index (χ0v) is 18.3. The van der Waals surface area contributed by atoms with Gasteiger partial charge in [-0.2, -0.15) is 0 Å². The maximum absolute atomic E-state index is 12.5. The van der Waals surface area contributed by atoms with Crippen LogP contribution in [0.1, 0.15) is 42.3 Å². The minimum absolute atomic E-state index is 0.144. The number of nitrogens with one attached hydrogen (secondary N) is 2. The van der Waals surface area contributed by atoms with Crippen LogP contribution in [0.5, 0.6) is 0 Å². The fraction of sp³-hybridized carbons (Fsp3) is 0.182. The van der Waals surface area contributed by atoms with Gasteiger partial charge in [0.1, 0.15) is 5.76 Å². The second kappa shape index (κ2) is 9.44. The molecule has 0 saturated carbocycles. The van der Waals surface area contributed by atoms with Crippen molar-refractivity contribution in [2.24, 2.45) is 0 Å². The Bertz CT molecular complexity index is 1050. The molecule has 2 N–H and O–H groups in total. The molecule has 0 aliphatic rings. The van der Waals surface area contributed by atoms with E-state index in [4.69, 9.17) is 39.8 Å². The van der Waals surface area contributed by atoms with Crippen LogP contribution in [0, 0.1) is 0 Å². The second-order valence-electron chi connectivity index (χ2n) is 6.60. The van der Waals surface area contributed by atoms with Gasteiger partial charge in [-0.1, -0.05) is 55.2 Å². The predicted octanol–water partition coefficient (Wildman–Crippen LogP) is 6.89. The van der Waals surface area contributed by atoms with E-state index in [1.807, 2.05) is 18.2 Å². The highest BCUT2D eigenvalue weighted by atomic mass is 35.5. The van der Waals surface area contributed by atoms with E-state index in [0.717, 1.165) is 23.2 Å². The van der Waals surface area contributed by atoms with Crippen molar-refractivity contribution < 1.29 is 9.21 Å². The Morgan fingerprint density at radius 1 is 1.10 bits per heavy atom. The Morgan fingerprint density at radius 3 is 2.59 bits per heavy atom. The number of benzene rings is 2. The highest BCUT2D eigenvalue weighted by Crippen LogP contribution is 2.30. The number of thiocarbonyl (C=S) groups is 1. The first-order valence-corrected chi connectivity index (χ1v) is 10.3. The molecular weight excluding hydrogens is 427 g/mol. The van der Waals surface area contributed by atoms with Crippen LogP contribution in [0.4, 0.5) is 5.69 Å². The Kier molecular flexibility index (Phi) is 6.96. The summed E-state index contributed by atoms with van der Waals surface area (Å²) in [6.07, 6.45) is 1.00. The van der Waals surface area contributed by atoms with Gasteiger partial charge in [-0.15, -0.1) is 0 Å². The van der Waals surface area contributed by atoms with Crippen molar-refractivity contribution in [3.05, 3.63) is 76.0 Å². The molecule has 1 heterocycles. The molecule has 3 rings (SSSR count). The number of furan rings is 1. The minimum Gasteiger partial charge on any atom is -0.451 e. The van der Waals surface area contributed by atoms with Gasteiger partial charge in [-0.05, 0) is 66.5 Å². The number of hydrogen-bond acceptors (Lipinski definition) is 3. The average molecular weight is 447 g/mol.